The third-order valence-corrected chi connectivity index (χ3v) is 3.68. The lowest BCUT2D eigenvalue weighted by Crippen LogP contribution is -2.34. The number of aromatic nitrogens is 1. The van der Waals surface area contributed by atoms with Gasteiger partial charge in [-0.1, -0.05) is 18.2 Å². The van der Waals surface area contributed by atoms with E-state index in [2.05, 4.69) is 15.6 Å². The number of nitrogens with one attached hydrogen (secondary N) is 2. The number of pyridine rings is 1. The number of benzene rings is 2. The van der Waals surface area contributed by atoms with E-state index < -0.39 is 0 Å². The molecule has 5 nitrogen and oxygen atoms in total. The number of carbonyl (C=O) groups excluding carboxylic acids is 1. The molecule has 0 aliphatic rings. The standard InChI is InChI=1S/C18H15N3O2S/c1-23-16-10-3-2-6-13(16)17(22)21-18(24)20-15-9-4-8-14-12(15)7-5-11-19-14/h2-11H,1H3,(H2,20,21,22,24). The Kier molecular flexibility index (Phi) is 4.67. The van der Waals surface area contributed by atoms with Crippen molar-refractivity contribution in [3.8, 4) is 5.75 Å². The number of thiocarbonyl (C=S) groups is 1. The van der Waals surface area contributed by atoms with Gasteiger partial charge in [-0.15, -0.1) is 0 Å². The van der Waals surface area contributed by atoms with Gasteiger partial charge in [0.1, 0.15) is 5.75 Å². The van der Waals surface area contributed by atoms with Gasteiger partial charge < -0.3 is 10.1 Å². The van der Waals surface area contributed by atoms with Crippen LogP contribution in [0.25, 0.3) is 10.9 Å². The number of anilines is 1. The van der Waals surface area contributed by atoms with Gasteiger partial charge in [0.15, 0.2) is 5.11 Å². The zero-order chi connectivity index (χ0) is 16.9. The maximum atomic E-state index is 12.4. The molecule has 3 aromatic rings. The van der Waals surface area contributed by atoms with Crippen molar-refractivity contribution in [2.75, 3.05) is 12.4 Å². The van der Waals surface area contributed by atoms with Gasteiger partial charge in [0.25, 0.3) is 5.91 Å². The summed E-state index contributed by atoms with van der Waals surface area (Å²) in [5.74, 6) is 0.162. The molecule has 3 rings (SSSR count). The van der Waals surface area contributed by atoms with Gasteiger partial charge in [0.2, 0.25) is 0 Å². The average molecular weight is 337 g/mol. The van der Waals surface area contributed by atoms with E-state index >= 15 is 0 Å². The van der Waals surface area contributed by atoms with Crippen molar-refractivity contribution in [2.24, 2.45) is 0 Å². The molecule has 0 saturated carbocycles. The number of carbonyl (C=O) groups is 1. The van der Waals surface area contributed by atoms with Gasteiger partial charge in [0.05, 0.1) is 18.2 Å². The van der Waals surface area contributed by atoms with Crippen LogP contribution in [-0.2, 0) is 0 Å². The topological polar surface area (TPSA) is 63.2 Å². The van der Waals surface area contributed by atoms with Crippen LogP contribution < -0.4 is 15.4 Å². The molecule has 1 amide bonds. The number of methoxy groups -OCH3 is 1. The number of amides is 1. The first kappa shape index (κ1) is 15.9. The SMILES string of the molecule is COc1ccccc1C(=O)NC(=S)Nc1cccc2ncccc12. The molecule has 0 aliphatic carbocycles. The molecule has 0 unspecified atom stereocenters. The van der Waals surface area contributed by atoms with E-state index in [1.807, 2.05) is 30.3 Å². The van der Waals surface area contributed by atoms with E-state index in [4.69, 9.17) is 17.0 Å². The summed E-state index contributed by atoms with van der Waals surface area (Å²) in [5.41, 5.74) is 2.05. The summed E-state index contributed by atoms with van der Waals surface area (Å²) in [6.07, 6.45) is 1.73. The molecular formula is C18H15N3O2S. The monoisotopic (exact) mass is 337 g/mol. The average Bonchev–Trinajstić information content (AvgIpc) is 2.62. The molecule has 1 aromatic heterocycles. The molecule has 0 radical (unpaired) electrons. The van der Waals surface area contributed by atoms with Crippen LogP contribution in [0.3, 0.4) is 0 Å². The molecule has 0 spiro atoms. The number of rotatable bonds is 3. The fraction of sp³-hybridized carbons (Fsp3) is 0.0556. The molecule has 0 bridgehead atoms. The highest BCUT2D eigenvalue weighted by atomic mass is 32.1. The zero-order valence-corrected chi connectivity index (χ0v) is 13.8. The lowest BCUT2D eigenvalue weighted by atomic mass is 10.2. The summed E-state index contributed by atoms with van der Waals surface area (Å²) in [7, 11) is 1.52. The lowest BCUT2D eigenvalue weighted by Gasteiger charge is -2.12. The highest BCUT2D eigenvalue weighted by Crippen LogP contribution is 2.21. The maximum absolute atomic E-state index is 12.4. The third kappa shape index (κ3) is 3.33. The van der Waals surface area contributed by atoms with Crippen LogP contribution in [0.15, 0.2) is 60.8 Å². The Bertz CT molecular complexity index is 906. The van der Waals surface area contributed by atoms with Crippen molar-refractivity contribution >= 4 is 39.8 Å². The molecule has 6 heteroatoms. The first-order valence-corrected chi connectivity index (χ1v) is 7.69. The Morgan fingerprint density at radius 2 is 1.92 bits per heavy atom. The molecule has 24 heavy (non-hydrogen) atoms. The number of nitrogens with zero attached hydrogens (tertiary/aromatic N) is 1. The highest BCUT2D eigenvalue weighted by molar-refractivity contribution is 7.80. The molecule has 0 atom stereocenters. The summed E-state index contributed by atoms with van der Waals surface area (Å²) in [6.45, 7) is 0. The Balaban J connectivity index is 1.77. The first-order chi connectivity index (χ1) is 11.7. The van der Waals surface area contributed by atoms with E-state index in [0.29, 0.717) is 11.3 Å². The lowest BCUT2D eigenvalue weighted by molar-refractivity contribution is 0.0975. The van der Waals surface area contributed by atoms with Gasteiger partial charge in [-0.05, 0) is 48.6 Å². The van der Waals surface area contributed by atoms with Gasteiger partial charge in [-0.25, -0.2) is 0 Å². The van der Waals surface area contributed by atoms with Crippen LogP contribution >= 0.6 is 12.2 Å². The predicted molar refractivity (Wildman–Crippen MR) is 98.4 cm³/mol. The number of hydrogen-bond donors (Lipinski definition) is 2. The second-order valence-corrected chi connectivity index (χ2v) is 5.39. The van der Waals surface area contributed by atoms with Crippen LogP contribution in [0.2, 0.25) is 0 Å². The second-order valence-electron chi connectivity index (χ2n) is 4.98. The van der Waals surface area contributed by atoms with Crippen LogP contribution in [0.5, 0.6) is 5.75 Å². The number of fused-ring (bicyclic) bond motifs is 1. The smallest absolute Gasteiger partial charge is 0.261 e. The van der Waals surface area contributed by atoms with Crippen molar-refractivity contribution in [3.05, 3.63) is 66.4 Å². The summed E-state index contributed by atoms with van der Waals surface area (Å²) in [6, 6.07) is 16.4. The van der Waals surface area contributed by atoms with Crippen LogP contribution in [-0.4, -0.2) is 23.1 Å². The summed E-state index contributed by atoms with van der Waals surface area (Å²) in [4.78, 5) is 16.7. The van der Waals surface area contributed by atoms with Crippen LogP contribution in [0, 0.1) is 0 Å². The van der Waals surface area contributed by atoms with Crippen LogP contribution in [0.4, 0.5) is 5.69 Å². The van der Waals surface area contributed by atoms with Crippen molar-refractivity contribution in [1.29, 1.82) is 0 Å². The molecule has 0 aliphatic heterocycles. The van der Waals surface area contributed by atoms with Gasteiger partial charge in [-0.2, -0.15) is 0 Å². The number of ether oxygens (including phenoxy) is 1. The Morgan fingerprint density at radius 1 is 1.08 bits per heavy atom. The van der Waals surface area contributed by atoms with E-state index in [9.17, 15) is 4.79 Å². The Morgan fingerprint density at radius 3 is 2.75 bits per heavy atom. The number of hydrogen-bond acceptors (Lipinski definition) is 4. The van der Waals surface area contributed by atoms with E-state index in [0.717, 1.165) is 16.6 Å². The number of para-hydroxylation sites is 1. The molecular weight excluding hydrogens is 322 g/mol. The highest BCUT2D eigenvalue weighted by Gasteiger charge is 2.13. The van der Waals surface area contributed by atoms with Crippen molar-refractivity contribution in [1.82, 2.24) is 10.3 Å². The molecule has 0 fully saturated rings. The van der Waals surface area contributed by atoms with Crippen molar-refractivity contribution < 1.29 is 9.53 Å². The van der Waals surface area contributed by atoms with E-state index in [1.54, 1.807) is 30.5 Å². The quantitative estimate of drug-likeness (QED) is 0.718. The summed E-state index contributed by atoms with van der Waals surface area (Å²) >= 11 is 5.25. The van der Waals surface area contributed by atoms with E-state index in [1.165, 1.54) is 7.11 Å². The van der Waals surface area contributed by atoms with Gasteiger partial charge in [0, 0.05) is 17.3 Å². The first-order valence-electron chi connectivity index (χ1n) is 7.28. The van der Waals surface area contributed by atoms with Crippen molar-refractivity contribution in [3.63, 3.8) is 0 Å². The maximum Gasteiger partial charge on any atom is 0.261 e. The summed E-state index contributed by atoms with van der Waals surface area (Å²) < 4.78 is 5.19. The molecule has 2 aromatic carbocycles. The Labute approximate surface area is 144 Å². The molecule has 2 N–H and O–H groups in total. The van der Waals surface area contributed by atoms with Gasteiger partial charge in [-0.3, -0.25) is 15.1 Å². The second kappa shape index (κ2) is 7.06. The molecule has 0 saturated heterocycles. The van der Waals surface area contributed by atoms with Gasteiger partial charge >= 0.3 is 0 Å². The molecule has 120 valence electrons. The molecule has 1 heterocycles. The minimum atomic E-state index is -0.330. The zero-order valence-electron chi connectivity index (χ0n) is 12.9. The van der Waals surface area contributed by atoms with Crippen molar-refractivity contribution in [2.45, 2.75) is 0 Å². The minimum Gasteiger partial charge on any atom is -0.496 e. The Hall–Kier alpha value is -2.99. The summed E-state index contributed by atoms with van der Waals surface area (Å²) in [5, 5.41) is 6.84. The predicted octanol–water partition coefficient (Wildman–Crippen LogP) is 3.37. The third-order valence-electron chi connectivity index (χ3n) is 3.47. The normalized spacial score (nSPS) is 10.2. The van der Waals surface area contributed by atoms with E-state index in [-0.39, 0.29) is 11.0 Å². The minimum absolute atomic E-state index is 0.210. The fourth-order valence-corrected chi connectivity index (χ4v) is 2.57. The van der Waals surface area contributed by atoms with Crippen LogP contribution in [0.1, 0.15) is 10.4 Å². The fourth-order valence-electron chi connectivity index (χ4n) is 2.37. The largest absolute Gasteiger partial charge is 0.496 e.